The van der Waals surface area contributed by atoms with E-state index in [1.807, 2.05) is 18.1 Å². The number of carbonyl (C=O) groups excluding carboxylic acids is 1. The fraction of sp³-hybridized carbons (Fsp3) is 0.222. The van der Waals surface area contributed by atoms with Crippen molar-refractivity contribution in [1.29, 1.82) is 0 Å². The maximum absolute atomic E-state index is 15.0. The summed E-state index contributed by atoms with van der Waals surface area (Å²) in [6.45, 7) is 6.69. The van der Waals surface area contributed by atoms with Crippen LogP contribution >= 0.6 is 32.6 Å². The molecule has 0 aliphatic carbocycles. The molecule has 1 N–H and O–H groups in total. The number of anilines is 1. The second-order valence-electron chi connectivity index (χ2n) is 9.16. The molecule has 1 unspecified atom stereocenters. The number of rotatable bonds is 5. The lowest BCUT2D eigenvalue weighted by Crippen LogP contribution is -2.54. The lowest BCUT2D eigenvalue weighted by molar-refractivity contribution is -0.126. The summed E-state index contributed by atoms with van der Waals surface area (Å²) in [5.41, 5.74) is 0.290. The molecule has 0 spiro atoms. The third kappa shape index (κ3) is 4.82. The van der Waals surface area contributed by atoms with E-state index < -0.39 is 11.5 Å². The fourth-order valence-electron chi connectivity index (χ4n) is 4.89. The van der Waals surface area contributed by atoms with Crippen LogP contribution in [0, 0.1) is 5.82 Å². The molecule has 1 fully saturated rings. The molecule has 5 rings (SSSR count). The monoisotopic (exact) mass is 598 g/mol. The number of aromatic nitrogens is 4. The summed E-state index contributed by atoms with van der Waals surface area (Å²) >= 11 is 8.10. The Kier molecular flexibility index (Phi) is 7.81. The van der Waals surface area contributed by atoms with Crippen LogP contribution in [0.1, 0.15) is 6.92 Å². The van der Waals surface area contributed by atoms with E-state index in [0.29, 0.717) is 42.0 Å². The highest BCUT2D eigenvalue weighted by molar-refractivity contribution is 7.98. The van der Waals surface area contributed by atoms with Crippen LogP contribution in [-0.4, -0.2) is 67.4 Å². The second kappa shape index (κ2) is 11.2. The SMILES string of the molecule is C=CC(=O)N1CCN(c2nc(=O)n(-c3c(SC)ccnc3P)c3nc(-c4c(O)cccc4F)c(Cl)cc23)[C@@H](C)C1. The lowest BCUT2D eigenvalue weighted by Gasteiger charge is -2.40. The highest BCUT2D eigenvalue weighted by Gasteiger charge is 2.30. The average molecular weight is 599 g/mol. The van der Waals surface area contributed by atoms with Crippen LogP contribution in [0.25, 0.3) is 28.0 Å². The number of piperazine rings is 1. The number of pyridine rings is 2. The molecule has 4 heterocycles. The highest BCUT2D eigenvalue weighted by Crippen LogP contribution is 2.39. The number of hydrogen-bond acceptors (Lipinski definition) is 8. The normalized spacial score (nSPS) is 15.5. The van der Waals surface area contributed by atoms with Crippen molar-refractivity contribution in [3.05, 3.63) is 70.5 Å². The Hall–Kier alpha value is -3.53. The van der Waals surface area contributed by atoms with Gasteiger partial charge in [-0.2, -0.15) is 4.98 Å². The molecule has 0 saturated carbocycles. The van der Waals surface area contributed by atoms with E-state index in [-0.39, 0.29) is 39.6 Å². The molecule has 13 heteroatoms. The van der Waals surface area contributed by atoms with Crippen LogP contribution in [0.5, 0.6) is 5.75 Å². The Morgan fingerprint density at radius 3 is 2.75 bits per heavy atom. The summed E-state index contributed by atoms with van der Waals surface area (Å²) in [6.07, 6.45) is 4.78. The number of hydrogen-bond donors (Lipinski definition) is 1. The molecule has 1 amide bonds. The highest BCUT2D eigenvalue weighted by atomic mass is 35.5. The van der Waals surface area contributed by atoms with E-state index >= 15 is 0 Å². The number of phenolic OH excluding ortho intramolecular Hbond substituents is 1. The van der Waals surface area contributed by atoms with E-state index in [0.717, 1.165) is 4.90 Å². The van der Waals surface area contributed by atoms with Gasteiger partial charge in [0, 0.05) is 36.8 Å². The predicted molar refractivity (Wildman–Crippen MR) is 160 cm³/mol. The molecule has 1 aliphatic heterocycles. The molecule has 0 radical (unpaired) electrons. The van der Waals surface area contributed by atoms with Crippen molar-refractivity contribution in [2.45, 2.75) is 17.9 Å². The number of halogens is 2. The summed E-state index contributed by atoms with van der Waals surface area (Å²) in [7, 11) is 2.52. The topological polar surface area (TPSA) is 104 Å². The van der Waals surface area contributed by atoms with E-state index in [1.165, 1.54) is 40.6 Å². The van der Waals surface area contributed by atoms with Crippen molar-refractivity contribution in [2.75, 3.05) is 30.8 Å². The van der Waals surface area contributed by atoms with Gasteiger partial charge in [-0.3, -0.25) is 9.78 Å². The molecule has 4 aromatic rings. The van der Waals surface area contributed by atoms with Crippen molar-refractivity contribution in [1.82, 2.24) is 24.4 Å². The standard InChI is InChI=1S/C27H25ClFN6O3PS/c1-4-20(37)33-10-11-34(14(2)13-33)24-15-12-16(28)22(21-17(29)6-5-7-18(21)36)31-25(15)35(27(38)32-24)23-19(40-3)8-9-30-26(23)39/h4-9,12,14,36H,1,10-11,13,39H2,2-3H3/t14-/m0/s1. The first-order valence-corrected chi connectivity index (χ1v) is 14.4. The fourth-order valence-corrected chi connectivity index (χ4v) is 6.20. The van der Waals surface area contributed by atoms with Gasteiger partial charge in [-0.05, 0) is 43.5 Å². The first kappa shape index (κ1) is 28.0. The number of carbonyl (C=O) groups is 1. The van der Waals surface area contributed by atoms with Crippen LogP contribution < -0.4 is 16.0 Å². The molecule has 206 valence electrons. The van der Waals surface area contributed by atoms with Gasteiger partial charge in [-0.1, -0.05) is 33.5 Å². The number of fused-ring (bicyclic) bond motifs is 1. The predicted octanol–water partition coefficient (Wildman–Crippen LogP) is 3.79. The van der Waals surface area contributed by atoms with Gasteiger partial charge in [0.25, 0.3) is 0 Å². The van der Waals surface area contributed by atoms with Gasteiger partial charge in [0.05, 0.1) is 32.8 Å². The van der Waals surface area contributed by atoms with E-state index in [1.54, 1.807) is 23.2 Å². The van der Waals surface area contributed by atoms with E-state index in [2.05, 4.69) is 25.8 Å². The molecule has 1 aliphatic rings. The maximum atomic E-state index is 15.0. The Bertz CT molecular complexity index is 1720. The van der Waals surface area contributed by atoms with Gasteiger partial charge in [-0.15, -0.1) is 11.8 Å². The molecular formula is C27H25ClFN6O3PS. The number of nitrogens with zero attached hydrogens (tertiary/aromatic N) is 6. The van der Waals surface area contributed by atoms with Crippen molar-refractivity contribution in [3.8, 4) is 22.7 Å². The summed E-state index contributed by atoms with van der Waals surface area (Å²) in [6, 6.07) is 7.06. The molecule has 2 atom stereocenters. The zero-order valence-corrected chi connectivity index (χ0v) is 24.4. The summed E-state index contributed by atoms with van der Waals surface area (Å²) in [5, 5.41) is 11.0. The second-order valence-corrected chi connectivity index (χ2v) is 11.0. The molecule has 3 aromatic heterocycles. The minimum absolute atomic E-state index is 0.0237. The largest absolute Gasteiger partial charge is 0.507 e. The van der Waals surface area contributed by atoms with Gasteiger partial charge >= 0.3 is 5.69 Å². The Morgan fingerprint density at radius 2 is 2.08 bits per heavy atom. The lowest BCUT2D eigenvalue weighted by atomic mass is 10.1. The first-order valence-electron chi connectivity index (χ1n) is 12.2. The van der Waals surface area contributed by atoms with E-state index in [9.17, 15) is 19.1 Å². The molecular weight excluding hydrogens is 574 g/mol. The van der Waals surface area contributed by atoms with Gasteiger partial charge in [0.2, 0.25) is 5.91 Å². The molecule has 0 bridgehead atoms. The Labute approximate surface area is 240 Å². The van der Waals surface area contributed by atoms with Crippen molar-refractivity contribution >= 4 is 60.8 Å². The molecule has 40 heavy (non-hydrogen) atoms. The number of aromatic hydroxyl groups is 1. The summed E-state index contributed by atoms with van der Waals surface area (Å²) in [4.78, 5) is 43.9. The smallest absolute Gasteiger partial charge is 0.355 e. The van der Waals surface area contributed by atoms with Gasteiger partial charge in [0.15, 0.2) is 5.65 Å². The summed E-state index contributed by atoms with van der Waals surface area (Å²) < 4.78 is 16.3. The van der Waals surface area contributed by atoms with Gasteiger partial charge in [-0.25, -0.2) is 18.7 Å². The zero-order chi connectivity index (χ0) is 28.7. The number of benzene rings is 1. The third-order valence-electron chi connectivity index (χ3n) is 6.77. The van der Waals surface area contributed by atoms with Crippen LogP contribution in [-0.2, 0) is 4.79 Å². The number of thioether (sulfide) groups is 1. The minimum atomic E-state index is -0.716. The quantitative estimate of drug-likeness (QED) is 0.210. The number of phenols is 1. The molecule has 1 saturated heterocycles. The molecule has 1 aromatic carbocycles. The number of amides is 1. The third-order valence-corrected chi connectivity index (χ3v) is 8.25. The first-order chi connectivity index (χ1) is 19.2. The van der Waals surface area contributed by atoms with Crippen molar-refractivity contribution in [2.24, 2.45) is 0 Å². The van der Waals surface area contributed by atoms with Crippen LogP contribution in [0.15, 0.2) is 58.9 Å². The average Bonchev–Trinajstić information content (AvgIpc) is 2.93. The summed E-state index contributed by atoms with van der Waals surface area (Å²) in [5.74, 6) is -0.890. The van der Waals surface area contributed by atoms with Crippen LogP contribution in [0.2, 0.25) is 5.02 Å². The van der Waals surface area contributed by atoms with E-state index in [4.69, 9.17) is 16.6 Å². The van der Waals surface area contributed by atoms with Crippen molar-refractivity contribution < 1.29 is 14.3 Å². The minimum Gasteiger partial charge on any atom is -0.507 e. The van der Waals surface area contributed by atoms with Gasteiger partial charge in [0.1, 0.15) is 17.4 Å². The van der Waals surface area contributed by atoms with Crippen molar-refractivity contribution in [3.63, 3.8) is 0 Å². The Morgan fingerprint density at radius 1 is 1.30 bits per heavy atom. The maximum Gasteiger partial charge on any atom is 0.355 e. The molecule has 9 nitrogen and oxygen atoms in total. The van der Waals surface area contributed by atoms with Crippen LogP contribution in [0.3, 0.4) is 0 Å². The zero-order valence-electron chi connectivity index (χ0n) is 21.6. The van der Waals surface area contributed by atoms with Gasteiger partial charge < -0.3 is 14.9 Å². The van der Waals surface area contributed by atoms with Crippen LogP contribution in [0.4, 0.5) is 10.2 Å². The Balaban J connectivity index is 1.82.